The van der Waals surface area contributed by atoms with E-state index in [1.165, 1.54) is 19.3 Å². The smallest absolute Gasteiger partial charge is 0.311 e. The van der Waals surface area contributed by atoms with Gasteiger partial charge in [-0.25, -0.2) is 0 Å². The van der Waals surface area contributed by atoms with Crippen LogP contribution in [0.2, 0.25) is 0 Å². The molecule has 6 nitrogen and oxygen atoms in total. The zero-order chi connectivity index (χ0) is 17.9. The summed E-state index contributed by atoms with van der Waals surface area (Å²) in [5, 5.41) is 0. The number of fused-ring (bicyclic) bond motifs is 2. The van der Waals surface area contributed by atoms with Crippen LogP contribution in [0.5, 0.6) is 0 Å². The fourth-order valence-corrected chi connectivity index (χ4v) is 2.80. The normalized spacial score (nSPS) is 17.5. The molecule has 1 aromatic heterocycles. The molecule has 0 unspecified atom stereocenters. The third kappa shape index (κ3) is 7.65. The number of aromatic nitrogens is 1. The summed E-state index contributed by atoms with van der Waals surface area (Å²) in [6.07, 6.45) is 4.96. The largest absolute Gasteiger partial charge is 0.464 e. The highest BCUT2D eigenvalue weighted by Gasteiger charge is 2.13. The predicted molar refractivity (Wildman–Crippen MR) is 94.1 cm³/mol. The molecular weight excluding hydrogens is 320 g/mol. The molecule has 0 saturated heterocycles. The summed E-state index contributed by atoms with van der Waals surface area (Å²) in [4.78, 5) is 30.4. The lowest BCUT2D eigenvalue weighted by Gasteiger charge is -2.22. The summed E-state index contributed by atoms with van der Waals surface area (Å²) >= 11 is 0. The summed E-state index contributed by atoms with van der Waals surface area (Å²) in [6, 6.07) is 5.33. The molecule has 2 bridgehead atoms. The van der Waals surface area contributed by atoms with E-state index < -0.39 is 0 Å². The molecule has 0 fully saturated rings. The van der Waals surface area contributed by atoms with Gasteiger partial charge in [0.15, 0.2) is 0 Å². The first-order valence-electron chi connectivity index (χ1n) is 9.16. The van der Waals surface area contributed by atoms with E-state index in [1.54, 1.807) is 18.2 Å². The van der Waals surface area contributed by atoms with E-state index in [1.807, 2.05) is 0 Å². The highest BCUT2D eigenvalue weighted by Crippen LogP contribution is 2.06. The highest BCUT2D eigenvalue weighted by atomic mass is 16.5. The van der Waals surface area contributed by atoms with Gasteiger partial charge in [0, 0.05) is 13.1 Å². The molecule has 0 amide bonds. The number of rotatable bonds is 5. The van der Waals surface area contributed by atoms with Crippen LogP contribution in [0.3, 0.4) is 0 Å². The Labute approximate surface area is 149 Å². The topological polar surface area (TPSA) is 68.7 Å². The van der Waals surface area contributed by atoms with Crippen molar-refractivity contribution >= 4 is 11.9 Å². The molecule has 0 aromatic carbocycles. The van der Waals surface area contributed by atoms with Gasteiger partial charge in [0.05, 0.1) is 24.2 Å². The third-order valence-electron chi connectivity index (χ3n) is 4.18. The van der Waals surface area contributed by atoms with Crippen molar-refractivity contribution in [2.24, 2.45) is 0 Å². The van der Waals surface area contributed by atoms with Crippen LogP contribution in [0.15, 0.2) is 18.2 Å². The van der Waals surface area contributed by atoms with Crippen molar-refractivity contribution in [3.05, 3.63) is 29.6 Å². The average Bonchev–Trinajstić information content (AvgIpc) is 2.57. The number of nitrogens with zero attached hydrogens (tertiary/aromatic N) is 2. The molecule has 0 radical (unpaired) electrons. The van der Waals surface area contributed by atoms with Gasteiger partial charge in [0.1, 0.15) is 13.2 Å². The Balaban J connectivity index is 1.94. The highest BCUT2D eigenvalue weighted by molar-refractivity contribution is 5.73. The minimum Gasteiger partial charge on any atom is -0.464 e. The Morgan fingerprint density at radius 1 is 0.960 bits per heavy atom. The van der Waals surface area contributed by atoms with Gasteiger partial charge < -0.3 is 9.47 Å². The van der Waals surface area contributed by atoms with Crippen LogP contribution < -0.4 is 0 Å². The maximum Gasteiger partial charge on any atom is 0.311 e. The minimum absolute atomic E-state index is 0.124. The number of carbonyl (C=O) groups is 2. The molecule has 0 N–H and O–H groups in total. The molecule has 25 heavy (non-hydrogen) atoms. The van der Waals surface area contributed by atoms with E-state index in [2.05, 4.69) is 16.8 Å². The van der Waals surface area contributed by atoms with E-state index in [0.717, 1.165) is 13.0 Å². The van der Waals surface area contributed by atoms with Gasteiger partial charge in [-0.1, -0.05) is 32.3 Å². The number of pyridine rings is 1. The van der Waals surface area contributed by atoms with Crippen molar-refractivity contribution in [1.82, 2.24) is 9.88 Å². The number of hydrogen-bond donors (Lipinski definition) is 0. The van der Waals surface area contributed by atoms with Crippen LogP contribution in [-0.4, -0.2) is 54.7 Å². The van der Waals surface area contributed by atoms with Gasteiger partial charge in [-0.3, -0.25) is 19.5 Å². The summed E-state index contributed by atoms with van der Waals surface area (Å²) in [5.74, 6) is -0.564. The lowest BCUT2D eigenvalue weighted by atomic mass is 10.2. The predicted octanol–water partition coefficient (Wildman–Crippen LogP) is 2.15. The standard InChI is InChI=1S/C19H28N2O4/c1-2-3-4-5-9-21-10-12-24-18(22)14-16-7-6-8-17(20-16)15-19(23)25-13-11-21/h6-8H,2-5,9-15H2,1H3. The molecule has 1 aromatic rings. The fourth-order valence-electron chi connectivity index (χ4n) is 2.80. The quantitative estimate of drug-likeness (QED) is 0.600. The van der Waals surface area contributed by atoms with Crippen LogP contribution in [0.1, 0.15) is 44.0 Å². The number of esters is 2. The van der Waals surface area contributed by atoms with Gasteiger partial charge in [0.2, 0.25) is 0 Å². The van der Waals surface area contributed by atoms with Crippen LogP contribution in [0, 0.1) is 0 Å². The summed E-state index contributed by atoms with van der Waals surface area (Å²) in [7, 11) is 0. The molecule has 6 heteroatoms. The Morgan fingerprint density at radius 3 is 2.12 bits per heavy atom. The molecule has 0 saturated carbocycles. The lowest BCUT2D eigenvalue weighted by Crippen LogP contribution is -2.33. The number of hydrogen-bond acceptors (Lipinski definition) is 6. The first-order chi connectivity index (χ1) is 12.2. The van der Waals surface area contributed by atoms with Gasteiger partial charge in [-0.15, -0.1) is 0 Å². The van der Waals surface area contributed by atoms with Gasteiger partial charge in [-0.2, -0.15) is 0 Å². The van der Waals surface area contributed by atoms with Crippen LogP contribution in [0.4, 0.5) is 0 Å². The zero-order valence-corrected chi connectivity index (χ0v) is 15.0. The monoisotopic (exact) mass is 348 g/mol. The Bertz CT molecular complexity index is 523. The minimum atomic E-state index is -0.282. The number of carbonyl (C=O) groups excluding carboxylic acids is 2. The Hall–Kier alpha value is -1.95. The first kappa shape index (κ1) is 19.4. The molecule has 2 rings (SSSR count). The van der Waals surface area contributed by atoms with E-state index in [0.29, 0.717) is 37.7 Å². The maximum atomic E-state index is 12.0. The summed E-state index contributed by atoms with van der Waals surface area (Å²) < 4.78 is 10.7. The third-order valence-corrected chi connectivity index (χ3v) is 4.18. The van der Waals surface area contributed by atoms with Crippen molar-refractivity contribution < 1.29 is 19.1 Å². The van der Waals surface area contributed by atoms with Gasteiger partial charge in [-0.05, 0) is 25.1 Å². The van der Waals surface area contributed by atoms with E-state index in [4.69, 9.17) is 9.47 Å². The molecule has 1 aliphatic rings. The SMILES string of the molecule is CCCCCCN1CCOC(=O)Cc2cccc(n2)CC(=O)OCC1. The molecule has 0 aliphatic carbocycles. The lowest BCUT2D eigenvalue weighted by molar-refractivity contribution is -0.143. The molecular formula is C19H28N2O4. The maximum absolute atomic E-state index is 12.0. The second-order valence-corrected chi connectivity index (χ2v) is 6.32. The molecule has 0 atom stereocenters. The van der Waals surface area contributed by atoms with Gasteiger partial charge in [0.25, 0.3) is 0 Å². The van der Waals surface area contributed by atoms with Crippen LogP contribution in [0.25, 0.3) is 0 Å². The van der Waals surface area contributed by atoms with Crippen molar-refractivity contribution in [3.8, 4) is 0 Å². The van der Waals surface area contributed by atoms with Gasteiger partial charge >= 0.3 is 11.9 Å². The first-order valence-corrected chi connectivity index (χ1v) is 9.16. The summed E-state index contributed by atoms with van der Waals surface area (Å²) in [6.45, 7) is 5.12. The Kier molecular flexibility index (Phi) is 8.39. The molecule has 2 heterocycles. The van der Waals surface area contributed by atoms with E-state index >= 15 is 0 Å². The Morgan fingerprint density at radius 2 is 1.56 bits per heavy atom. The van der Waals surface area contributed by atoms with E-state index in [-0.39, 0.29) is 24.8 Å². The zero-order valence-electron chi connectivity index (χ0n) is 15.0. The molecule has 1 aliphatic heterocycles. The number of cyclic esters (lactones) is 2. The van der Waals surface area contributed by atoms with Crippen molar-refractivity contribution in [3.63, 3.8) is 0 Å². The summed E-state index contributed by atoms with van der Waals surface area (Å²) in [5.41, 5.74) is 1.23. The average molecular weight is 348 g/mol. The molecule has 0 spiro atoms. The number of unbranched alkanes of at least 4 members (excludes halogenated alkanes) is 3. The van der Waals surface area contributed by atoms with E-state index in [9.17, 15) is 9.59 Å². The van der Waals surface area contributed by atoms with Crippen molar-refractivity contribution in [1.29, 1.82) is 0 Å². The van der Waals surface area contributed by atoms with Crippen LogP contribution in [-0.2, 0) is 31.9 Å². The fraction of sp³-hybridized carbons (Fsp3) is 0.632. The second-order valence-electron chi connectivity index (χ2n) is 6.32. The second kappa shape index (κ2) is 10.8. The van der Waals surface area contributed by atoms with Crippen molar-refractivity contribution in [2.75, 3.05) is 32.8 Å². The van der Waals surface area contributed by atoms with Crippen LogP contribution >= 0.6 is 0 Å². The number of ether oxygens (including phenoxy) is 2. The molecule has 138 valence electrons. The van der Waals surface area contributed by atoms with Crippen molar-refractivity contribution in [2.45, 2.75) is 45.4 Å².